The second-order valence-electron chi connectivity index (χ2n) is 12.2. The van der Waals surface area contributed by atoms with Gasteiger partial charge in [-0.2, -0.15) is 0 Å². The Balaban J connectivity index is 1.29. The molecule has 2 amide bonds. The summed E-state index contributed by atoms with van der Waals surface area (Å²) < 4.78 is 0. The lowest BCUT2D eigenvalue weighted by Gasteiger charge is -2.45. The first kappa shape index (κ1) is 28.7. The van der Waals surface area contributed by atoms with Crippen LogP contribution in [0.1, 0.15) is 35.1 Å². The number of benzene rings is 2. The Kier molecular flexibility index (Phi) is 6.96. The van der Waals surface area contributed by atoms with Gasteiger partial charge in [0, 0.05) is 33.6 Å². The second-order valence-corrected chi connectivity index (χ2v) is 12.2. The van der Waals surface area contributed by atoms with Crippen molar-refractivity contribution in [3.63, 3.8) is 0 Å². The Morgan fingerprint density at radius 3 is 1.11 bits per heavy atom. The van der Waals surface area contributed by atoms with E-state index in [1.54, 1.807) is 36.4 Å². The van der Waals surface area contributed by atoms with Gasteiger partial charge in [0.05, 0.1) is 23.7 Å². The van der Waals surface area contributed by atoms with Crippen molar-refractivity contribution in [2.75, 3.05) is 10.6 Å². The Morgan fingerprint density at radius 2 is 0.841 bits per heavy atom. The maximum absolute atomic E-state index is 13.7. The molecule has 10 atom stereocenters. The first-order valence-corrected chi connectivity index (χ1v) is 14.3. The Hall–Kier alpha value is -5.44. The van der Waals surface area contributed by atoms with Crippen molar-refractivity contribution in [3.8, 4) is 49.4 Å². The quantitative estimate of drug-likeness (QED) is 0.304. The van der Waals surface area contributed by atoms with Gasteiger partial charge in [-0.05, 0) is 84.7 Å². The van der Waals surface area contributed by atoms with Gasteiger partial charge >= 0.3 is 11.9 Å². The van der Waals surface area contributed by atoms with Crippen LogP contribution in [0.2, 0.25) is 0 Å². The summed E-state index contributed by atoms with van der Waals surface area (Å²) in [4.78, 5) is 52.8. The molecule has 218 valence electrons. The van der Waals surface area contributed by atoms with Crippen LogP contribution in [-0.2, 0) is 19.2 Å². The molecule has 4 aliphatic carbocycles. The van der Waals surface area contributed by atoms with E-state index in [0.717, 1.165) is 0 Å². The van der Waals surface area contributed by atoms with Crippen LogP contribution in [0.25, 0.3) is 0 Å². The fraction of sp³-hybridized carbons (Fsp3) is 0.333. The number of carboxylic acid groups (broad SMARTS) is 2. The number of terminal acetylenes is 4. The van der Waals surface area contributed by atoms with Crippen molar-refractivity contribution in [1.82, 2.24) is 0 Å². The van der Waals surface area contributed by atoms with E-state index in [1.165, 1.54) is 0 Å². The molecule has 6 rings (SSSR count). The summed E-state index contributed by atoms with van der Waals surface area (Å²) in [5.41, 5.74) is 2.64. The Labute approximate surface area is 255 Å². The molecule has 0 radical (unpaired) electrons. The number of hydrogen-bond acceptors (Lipinski definition) is 4. The Bertz CT molecular complexity index is 1600. The number of carboxylic acids is 2. The number of amides is 2. The molecule has 0 saturated heterocycles. The van der Waals surface area contributed by atoms with Crippen molar-refractivity contribution in [2.45, 2.75) is 12.8 Å². The van der Waals surface area contributed by atoms with E-state index in [2.05, 4.69) is 34.3 Å². The highest BCUT2D eigenvalue weighted by molar-refractivity contribution is 5.98. The molecule has 4 fully saturated rings. The minimum absolute atomic E-state index is 0.183. The average Bonchev–Trinajstić information content (AvgIpc) is 3.78. The molecule has 8 heteroatoms. The van der Waals surface area contributed by atoms with Crippen molar-refractivity contribution in [2.24, 2.45) is 59.2 Å². The van der Waals surface area contributed by atoms with Crippen LogP contribution < -0.4 is 10.6 Å². The molecule has 0 aromatic heterocycles. The summed E-state index contributed by atoms with van der Waals surface area (Å²) in [6.45, 7) is 0. The number of anilines is 2. The van der Waals surface area contributed by atoms with Gasteiger partial charge in [0.15, 0.2) is 0 Å². The number of carbonyl (C=O) groups excluding carboxylic acids is 2. The standard InChI is InChI=1S/C36H28N2O6/c1-5-17-9-18(6-2)12-21(11-17)37-33(39)29-23-15-25(31(29)35(41)42)28-24-16-26(27(23)28)32(36(43)44)30(24)34(40)38-22-13-19(7-3)10-20(8-4)14-22/h1-4,9-14,23-32H,15-16H2,(H,37,39)(H,38,40)(H,41,42)(H,43,44). The minimum atomic E-state index is -1.08. The lowest BCUT2D eigenvalue weighted by atomic mass is 9.58. The van der Waals surface area contributed by atoms with E-state index in [-0.39, 0.29) is 35.5 Å². The molecule has 2 aromatic carbocycles. The molecular formula is C36H28N2O6. The second kappa shape index (κ2) is 10.7. The molecule has 4 saturated carbocycles. The average molecular weight is 585 g/mol. The van der Waals surface area contributed by atoms with Crippen molar-refractivity contribution < 1.29 is 29.4 Å². The van der Waals surface area contributed by atoms with Crippen LogP contribution in [0.4, 0.5) is 11.4 Å². The minimum Gasteiger partial charge on any atom is -0.481 e. The van der Waals surface area contributed by atoms with Gasteiger partial charge in [-0.3, -0.25) is 19.2 Å². The van der Waals surface area contributed by atoms with E-state index in [0.29, 0.717) is 46.5 Å². The molecule has 2 aromatic rings. The van der Waals surface area contributed by atoms with Gasteiger partial charge in [-0.25, -0.2) is 0 Å². The van der Waals surface area contributed by atoms with E-state index in [4.69, 9.17) is 25.7 Å². The summed E-state index contributed by atoms with van der Waals surface area (Å²) >= 11 is 0. The molecule has 4 aliphatic rings. The fourth-order valence-electron chi connectivity index (χ4n) is 9.22. The van der Waals surface area contributed by atoms with Gasteiger partial charge in [0.25, 0.3) is 0 Å². The summed E-state index contributed by atoms with van der Waals surface area (Å²) in [6, 6.07) is 9.64. The summed E-state index contributed by atoms with van der Waals surface area (Å²) in [5.74, 6) is 1.48. The molecule has 0 spiro atoms. The molecule has 44 heavy (non-hydrogen) atoms. The zero-order valence-corrected chi connectivity index (χ0v) is 23.5. The van der Waals surface area contributed by atoms with Crippen LogP contribution in [0.3, 0.4) is 0 Å². The Morgan fingerprint density at radius 1 is 0.545 bits per heavy atom. The van der Waals surface area contributed by atoms with Crippen LogP contribution in [0, 0.1) is 109 Å². The third kappa shape index (κ3) is 4.40. The van der Waals surface area contributed by atoms with Crippen molar-refractivity contribution in [1.29, 1.82) is 0 Å². The number of rotatable bonds is 6. The first-order chi connectivity index (χ1) is 21.1. The number of aliphatic carboxylic acids is 2. The number of hydrogen-bond donors (Lipinski definition) is 4. The number of carbonyl (C=O) groups is 4. The van der Waals surface area contributed by atoms with Crippen LogP contribution in [0.15, 0.2) is 36.4 Å². The van der Waals surface area contributed by atoms with E-state index < -0.39 is 47.4 Å². The summed E-state index contributed by atoms with van der Waals surface area (Å²) in [6.07, 6.45) is 23.1. The van der Waals surface area contributed by atoms with E-state index in [9.17, 15) is 29.4 Å². The van der Waals surface area contributed by atoms with E-state index in [1.807, 2.05) is 0 Å². The third-order valence-corrected chi connectivity index (χ3v) is 10.4. The van der Waals surface area contributed by atoms with Crippen molar-refractivity contribution >= 4 is 35.1 Å². The summed E-state index contributed by atoms with van der Waals surface area (Å²) in [5, 5.41) is 26.4. The van der Waals surface area contributed by atoms with Crippen LogP contribution in [-0.4, -0.2) is 34.0 Å². The predicted octanol–water partition coefficient (Wildman–Crippen LogP) is 3.35. The fourth-order valence-corrected chi connectivity index (χ4v) is 9.22. The van der Waals surface area contributed by atoms with Crippen LogP contribution >= 0.6 is 0 Å². The maximum atomic E-state index is 13.7. The normalized spacial score (nSPS) is 31.9. The zero-order valence-electron chi connectivity index (χ0n) is 23.5. The third-order valence-electron chi connectivity index (χ3n) is 10.4. The lowest BCUT2D eigenvalue weighted by Crippen LogP contribution is -2.51. The molecule has 10 unspecified atom stereocenters. The molecule has 0 heterocycles. The van der Waals surface area contributed by atoms with E-state index >= 15 is 0 Å². The topological polar surface area (TPSA) is 133 Å². The molecular weight excluding hydrogens is 556 g/mol. The van der Waals surface area contributed by atoms with Crippen LogP contribution in [0.5, 0.6) is 0 Å². The highest BCUT2D eigenvalue weighted by Gasteiger charge is 2.73. The lowest BCUT2D eigenvalue weighted by molar-refractivity contribution is -0.158. The molecule has 8 nitrogen and oxygen atoms in total. The smallest absolute Gasteiger partial charge is 0.307 e. The highest BCUT2D eigenvalue weighted by atomic mass is 16.4. The SMILES string of the molecule is C#Cc1cc(C#C)cc(NC(=O)C2C3CC(C2C(=O)O)C2C4CC(C(C(=O)O)C4C(=O)Nc4cc(C#C)cc(C#C)c4)C32)c1. The summed E-state index contributed by atoms with van der Waals surface area (Å²) in [7, 11) is 0. The van der Waals surface area contributed by atoms with Gasteiger partial charge in [-0.15, -0.1) is 25.7 Å². The molecule has 4 N–H and O–H groups in total. The largest absolute Gasteiger partial charge is 0.481 e. The number of fused-ring (bicyclic) bond motifs is 9. The van der Waals surface area contributed by atoms with Crippen molar-refractivity contribution in [3.05, 3.63) is 58.7 Å². The van der Waals surface area contributed by atoms with Gasteiger partial charge in [-0.1, -0.05) is 23.7 Å². The first-order valence-electron chi connectivity index (χ1n) is 14.3. The highest BCUT2D eigenvalue weighted by Crippen LogP contribution is 2.73. The molecule has 0 aliphatic heterocycles. The maximum Gasteiger partial charge on any atom is 0.307 e. The van der Waals surface area contributed by atoms with Gasteiger partial charge in [0.1, 0.15) is 0 Å². The van der Waals surface area contributed by atoms with Gasteiger partial charge < -0.3 is 20.8 Å². The monoisotopic (exact) mass is 584 g/mol. The molecule has 4 bridgehead atoms. The zero-order chi connectivity index (χ0) is 31.4. The number of nitrogens with one attached hydrogen (secondary N) is 2. The predicted molar refractivity (Wildman–Crippen MR) is 161 cm³/mol. The van der Waals surface area contributed by atoms with Gasteiger partial charge in [0.2, 0.25) is 11.8 Å².